The summed E-state index contributed by atoms with van der Waals surface area (Å²) in [4.78, 5) is 23.4. The summed E-state index contributed by atoms with van der Waals surface area (Å²) < 4.78 is 5.66. The molecule has 0 fully saturated rings. The summed E-state index contributed by atoms with van der Waals surface area (Å²) in [7, 11) is 1.57. The van der Waals surface area contributed by atoms with Crippen LogP contribution < -0.4 is 4.74 Å². The number of nitro benzene ring substituents is 1. The summed E-state index contributed by atoms with van der Waals surface area (Å²) in [5, 5.41) is 12.6. The molecule has 0 saturated heterocycles. The first-order valence-corrected chi connectivity index (χ1v) is 7.86. The number of ether oxygens (including phenoxy) is 1. The molecule has 0 amide bonds. The van der Waals surface area contributed by atoms with E-state index in [4.69, 9.17) is 4.74 Å². The van der Waals surface area contributed by atoms with Crippen LogP contribution >= 0.6 is 15.9 Å². The second-order valence-corrected chi connectivity index (χ2v) is 5.97. The Balaban J connectivity index is 2.16. The molecule has 0 atom stereocenters. The van der Waals surface area contributed by atoms with E-state index in [1.165, 1.54) is 12.1 Å². The van der Waals surface area contributed by atoms with Crippen LogP contribution in [0.25, 0.3) is 10.8 Å². The van der Waals surface area contributed by atoms with Gasteiger partial charge in [0.15, 0.2) is 5.78 Å². The molecule has 24 heavy (non-hydrogen) atoms. The molecule has 3 aromatic carbocycles. The highest BCUT2D eigenvalue weighted by Gasteiger charge is 2.19. The summed E-state index contributed by atoms with van der Waals surface area (Å²) >= 11 is 3.13. The number of benzene rings is 3. The van der Waals surface area contributed by atoms with E-state index in [0.29, 0.717) is 15.8 Å². The van der Waals surface area contributed by atoms with Crippen molar-refractivity contribution < 1.29 is 14.5 Å². The molecule has 0 N–H and O–H groups in total. The summed E-state index contributed by atoms with van der Waals surface area (Å²) in [6.45, 7) is 0. The quantitative estimate of drug-likeness (QED) is 0.369. The zero-order valence-electron chi connectivity index (χ0n) is 12.7. The first-order chi connectivity index (χ1) is 11.5. The molecule has 0 radical (unpaired) electrons. The first kappa shape index (κ1) is 16.1. The molecular weight excluding hydrogens is 374 g/mol. The normalized spacial score (nSPS) is 10.6. The summed E-state index contributed by atoms with van der Waals surface area (Å²) in [6, 6.07) is 15.2. The predicted octanol–water partition coefficient (Wildman–Crippen LogP) is 4.75. The number of rotatable bonds is 4. The van der Waals surface area contributed by atoms with Gasteiger partial charge >= 0.3 is 0 Å². The lowest BCUT2D eigenvalue weighted by Gasteiger charge is -2.10. The Kier molecular flexibility index (Phi) is 4.31. The van der Waals surface area contributed by atoms with Gasteiger partial charge in [-0.3, -0.25) is 14.9 Å². The molecule has 120 valence electrons. The topological polar surface area (TPSA) is 69.4 Å². The van der Waals surface area contributed by atoms with Crippen molar-refractivity contribution in [1.29, 1.82) is 0 Å². The minimum atomic E-state index is -0.521. The number of carbonyl (C=O) groups is 1. The van der Waals surface area contributed by atoms with Gasteiger partial charge in [-0.15, -0.1) is 0 Å². The second kappa shape index (κ2) is 6.41. The number of halogens is 1. The maximum Gasteiger partial charge on any atom is 0.284 e. The Morgan fingerprint density at radius 3 is 2.46 bits per heavy atom. The highest BCUT2D eigenvalue weighted by molar-refractivity contribution is 9.10. The molecule has 0 heterocycles. The zero-order chi connectivity index (χ0) is 17.3. The van der Waals surface area contributed by atoms with Crippen molar-refractivity contribution in [3.05, 3.63) is 80.3 Å². The maximum atomic E-state index is 12.9. The van der Waals surface area contributed by atoms with Gasteiger partial charge in [0, 0.05) is 22.6 Å². The van der Waals surface area contributed by atoms with Crippen LogP contribution in [0, 0.1) is 10.1 Å². The van der Waals surface area contributed by atoms with E-state index in [1.807, 2.05) is 24.3 Å². The first-order valence-electron chi connectivity index (χ1n) is 7.07. The number of hydrogen-bond donors (Lipinski definition) is 0. The number of hydrogen-bond acceptors (Lipinski definition) is 4. The third-order valence-electron chi connectivity index (χ3n) is 3.75. The van der Waals surface area contributed by atoms with E-state index >= 15 is 0 Å². The minimum absolute atomic E-state index is 0.140. The van der Waals surface area contributed by atoms with Crippen molar-refractivity contribution in [2.75, 3.05) is 7.11 Å². The van der Waals surface area contributed by atoms with Gasteiger partial charge in [-0.2, -0.15) is 0 Å². The molecule has 0 aliphatic heterocycles. The van der Waals surface area contributed by atoms with Crippen LogP contribution in [0.1, 0.15) is 15.9 Å². The Bertz CT molecular complexity index is 968. The molecule has 3 rings (SSSR count). The molecule has 0 unspecified atom stereocenters. The van der Waals surface area contributed by atoms with E-state index in [9.17, 15) is 14.9 Å². The molecule has 0 aliphatic rings. The van der Waals surface area contributed by atoms with Crippen molar-refractivity contribution in [3.63, 3.8) is 0 Å². The van der Waals surface area contributed by atoms with Crippen LogP contribution in [0.4, 0.5) is 5.69 Å². The molecule has 0 bridgehead atoms. The lowest BCUT2D eigenvalue weighted by molar-refractivity contribution is -0.385. The monoisotopic (exact) mass is 385 g/mol. The van der Waals surface area contributed by atoms with E-state index in [2.05, 4.69) is 15.9 Å². The lowest BCUT2D eigenvalue weighted by atomic mass is 9.96. The molecule has 3 aromatic rings. The summed E-state index contributed by atoms with van der Waals surface area (Å²) in [6.07, 6.45) is 0. The largest absolute Gasteiger partial charge is 0.496 e. The summed E-state index contributed by atoms with van der Waals surface area (Å²) in [5.41, 5.74) is 0.599. The van der Waals surface area contributed by atoms with Crippen molar-refractivity contribution in [2.24, 2.45) is 0 Å². The van der Waals surface area contributed by atoms with Crippen LogP contribution in [0.2, 0.25) is 0 Å². The van der Waals surface area contributed by atoms with Crippen LogP contribution in [-0.4, -0.2) is 17.8 Å². The number of nitro groups is 1. The van der Waals surface area contributed by atoms with Crippen LogP contribution in [0.3, 0.4) is 0 Å². The molecule has 0 aromatic heterocycles. The fraction of sp³-hybridized carbons (Fsp3) is 0.0556. The van der Waals surface area contributed by atoms with Crippen LogP contribution in [-0.2, 0) is 0 Å². The minimum Gasteiger partial charge on any atom is -0.496 e. The Hall–Kier alpha value is -2.73. The average molecular weight is 386 g/mol. The van der Waals surface area contributed by atoms with Gasteiger partial charge in [-0.05, 0) is 45.6 Å². The number of ketones is 1. The number of methoxy groups -OCH3 is 1. The lowest BCUT2D eigenvalue weighted by Crippen LogP contribution is -2.04. The van der Waals surface area contributed by atoms with Gasteiger partial charge in [0.1, 0.15) is 5.75 Å². The van der Waals surface area contributed by atoms with Gasteiger partial charge in [-0.1, -0.05) is 24.3 Å². The molecular formula is C18H12BrNO4. The second-order valence-electron chi connectivity index (χ2n) is 5.11. The molecule has 0 saturated carbocycles. The third-order valence-corrected chi connectivity index (χ3v) is 4.42. The Morgan fingerprint density at radius 1 is 1.08 bits per heavy atom. The maximum absolute atomic E-state index is 12.9. The van der Waals surface area contributed by atoms with Gasteiger partial charge < -0.3 is 4.74 Å². The van der Waals surface area contributed by atoms with E-state index in [-0.39, 0.29) is 17.0 Å². The Morgan fingerprint density at radius 2 is 1.79 bits per heavy atom. The van der Waals surface area contributed by atoms with Crippen molar-refractivity contribution >= 4 is 38.2 Å². The zero-order valence-corrected chi connectivity index (χ0v) is 14.2. The molecule has 5 nitrogen and oxygen atoms in total. The van der Waals surface area contributed by atoms with Gasteiger partial charge in [0.05, 0.1) is 16.5 Å². The fourth-order valence-corrected chi connectivity index (χ4v) is 2.99. The highest BCUT2D eigenvalue weighted by Crippen LogP contribution is 2.31. The van der Waals surface area contributed by atoms with Gasteiger partial charge in [0.2, 0.25) is 0 Å². The highest BCUT2D eigenvalue weighted by atomic mass is 79.9. The standard InChI is InChI=1S/C18H12BrNO4/c1-24-17-9-7-14(12-4-2-3-5-13(12)17)18(21)11-6-8-15(19)16(10-11)20(22)23/h2-10H,1H3. The number of carbonyl (C=O) groups excluding carboxylic acids is 1. The van der Waals surface area contributed by atoms with Crippen molar-refractivity contribution in [2.45, 2.75) is 0 Å². The smallest absolute Gasteiger partial charge is 0.284 e. The molecule has 6 heteroatoms. The van der Waals surface area contributed by atoms with Gasteiger partial charge in [0.25, 0.3) is 5.69 Å². The predicted molar refractivity (Wildman–Crippen MR) is 94.7 cm³/mol. The molecule has 0 spiro atoms. The fourth-order valence-electron chi connectivity index (χ4n) is 2.60. The number of fused-ring (bicyclic) bond motifs is 1. The average Bonchev–Trinajstić information content (AvgIpc) is 2.60. The van der Waals surface area contributed by atoms with Gasteiger partial charge in [-0.25, -0.2) is 0 Å². The van der Waals surface area contributed by atoms with Crippen molar-refractivity contribution in [1.82, 2.24) is 0 Å². The SMILES string of the molecule is COc1ccc(C(=O)c2ccc(Br)c([N+](=O)[O-])c2)c2ccccc12. The van der Waals surface area contributed by atoms with Crippen LogP contribution in [0.15, 0.2) is 59.1 Å². The molecule has 0 aliphatic carbocycles. The Labute approximate surface area is 146 Å². The van der Waals surface area contributed by atoms with E-state index < -0.39 is 4.92 Å². The van der Waals surface area contributed by atoms with E-state index in [0.717, 1.165) is 10.8 Å². The third kappa shape index (κ3) is 2.76. The van der Waals surface area contributed by atoms with Crippen molar-refractivity contribution in [3.8, 4) is 5.75 Å². The summed E-state index contributed by atoms with van der Waals surface area (Å²) in [5.74, 6) is 0.397. The van der Waals surface area contributed by atoms with E-state index in [1.54, 1.807) is 25.3 Å². The van der Waals surface area contributed by atoms with Crippen LogP contribution in [0.5, 0.6) is 5.75 Å². The number of nitrogens with zero attached hydrogens (tertiary/aromatic N) is 1.